The minimum Gasteiger partial charge on any atom is -0.371 e. The zero-order valence-electron chi connectivity index (χ0n) is 21.7. The van der Waals surface area contributed by atoms with Gasteiger partial charge in [-0.2, -0.15) is 0 Å². The summed E-state index contributed by atoms with van der Waals surface area (Å²) in [6.45, 7) is 14.9. The second kappa shape index (κ2) is 9.17. The first-order valence-corrected chi connectivity index (χ1v) is 13.7. The zero-order valence-corrected chi connectivity index (χ0v) is 22.5. The molecule has 1 atom stereocenters. The Morgan fingerprint density at radius 2 is 1.86 bits per heavy atom. The summed E-state index contributed by atoms with van der Waals surface area (Å²) in [4.78, 5) is 10.7. The van der Waals surface area contributed by atoms with Gasteiger partial charge in [0.15, 0.2) is 0 Å². The van der Waals surface area contributed by atoms with Crippen LogP contribution in [0, 0.1) is 23.2 Å². The number of anilines is 2. The van der Waals surface area contributed by atoms with Gasteiger partial charge in [0.2, 0.25) is 0 Å². The quantitative estimate of drug-likeness (QED) is 0.377. The van der Waals surface area contributed by atoms with Crippen LogP contribution in [0.15, 0.2) is 29.3 Å². The number of nitrogens with zero attached hydrogens (tertiary/aromatic N) is 3. The van der Waals surface area contributed by atoms with E-state index < -0.39 is 0 Å². The molecule has 2 saturated heterocycles. The molecule has 1 aromatic heterocycles. The van der Waals surface area contributed by atoms with Gasteiger partial charge in [-0.25, -0.2) is 0 Å². The van der Waals surface area contributed by atoms with E-state index in [1.807, 2.05) is 6.92 Å². The number of benzene rings is 1. The summed E-state index contributed by atoms with van der Waals surface area (Å²) in [6, 6.07) is 8.58. The van der Waals surface area contributed by atoms with Crippen LogP contribution in [0.25, 0.3) is 0 Å². The van der Waals surface area contributed by atoms with E-state index in [0.717, 1.165) is 34.9 Å². The highest BCUT2D eigenvalue weighted by Gasteiger charge is 2.37. The van der Waals surface area contributed by atoms with E-state index in [-0.39, 0.29) is 6.04 Å². The third-order valence-electron chi connectivity index (χ3n) is 8.09. The molecular formula is C28H38N6S. The molecule has 2 fully saturated rings. The molecule has 3 N–H and O–H groups in total. The van der Waals surface area contributed by atoms with Crippen molar-refractivity contribution in [3.63, 3.8) is 0 Å². The van der Waals surface area contributed by atoms with Crippen molar-refractivity contribution in [2.24, 2.45) is 10.4 Å². The fraction of sp³-hybridized carbons (Fsp3) is 0.536. The van der Waals surface area contributed by atoms with Gasteiger partial charge in [-0.15, -0.1) is 11.3 Å². The molecule has 0 saturated carbocycles. The van der Waals surface area contributed by atoms with Crippen molar-refractivity contribution >= 4 is 39.4 Å². The molecule has 0 bridgehead atoms. The van der Waals surface area contributed by atoms with Crippen molar-refractivity contribution in [3.05, 3.63) is 45.8 Å². The first kappa shape index (κ1) is 24.2. The number of nitrogens with one attached hydrogen (secondary N) is 3. The van der Waals surface area contributed by atoms with Crippen LogP contribution >= 0.6 is 11.3 Å². The minimum atomic E-state index is -0.315. The SMILES string of the molecule is CC(=N)N1C(=N)[C@H](C)N=C(c2ccc(N3CCC4(CCNC4)CC3)cc2)c2c1sc(C(C)C)c2C. The van der Waals surface area contributed by atoms with Crippen molar-refractivity contribution in [1.82, 2.24) is 5.32 Å². The lowest BCUT2D eigenvalue weighted by atomic mass is 9.78. The van der Waals surface area contributed by atoms with E-state index >= 15 is 0 Å². The Hall–Kier alpha value is -2.51. The molecule has 3 aliphatic rings. The third-order valence-corrected chi connectivity index (χ3v) is 9.66. The average Bonchev–Trinajstić information content (AvgIpc) is 3.39. The Morgan fingerprint density at radius 3 is 2.43 bits per heavy atom. The van der Waals surface area contributed by atoms with Crippen molar-refractivity contribution < 1.29 is 0 Å². The highest BCUT2D eigenvalue weighted by molar-refractivity contribution is 7.17. The van der Waals surface area contributed by atoms with Crippen LogP contribution in [0.4, 0.5) is 10.7 Å². The van der Waals surface area contributed by atoms with Crippen LogP contribution in [-0.2, 0) is 0 Å². The van der Waals surface area contributed by atoms with Gasteiger partial charge in [0.05, 0.1) is 5.71 Å². The average molecular weight is 491 g/mol. The Balaban J connectivity index is 1.49. The Bertz CT molecular complexity index is 1160. The van der Waals surface area contributed by atoms with Crippen molar-refractivity contribution in [2.45, 2.75) is 65.8 Å². The first-order valence-electron chi connectivity index (χ1n) is 12.9. The molecule has 7 heteroatoms. The van der Waals surface area contributed by atoms with Gasteiger partial charge in [0, 0.05) is 41.3 Å². The van der Waals surface area contributed by atoms with Gasteiger partial charge in [0.25, 0.3) is 0 Å². The lowest BCUT2D eigenvalue weighted by Crippen LogP contribution is -2.41. The molecule has 186 valence electrons. The maximum atomic E-state index is 8.80. The highest BCUT2D eigenvalue weighted by atomic mass is 32.1. The molecule has 0 amide bonds. The number of thiophene rings is 1. The maximum Gasteiger partial charge on any atom is 0.132 e. The number of hydrogen-bond acceptors (Lipinski definition) is 6. The molecular weight excluding hydrogens is 452 g/mol. The van der Waals surface area contributed by atoms with Crippen LogP contribution in [0.3, 0.4) is 0 Å². The summed E-state index contributed by atoms with van der Waals surface area (Å²) < 4.78 is 0. The predicted octanol–water partition coefficient (Wildman–Crippen LogP) is 5.78. The Kier molecular flexibility index (Phi) is 6.34. The summed E-state index contributed by atoms with van der Waals surface area (Å²) in [7, 11) is 0. The molecule has 6 nitrogen and oxygen atoms in total. The molecule has 1 spiro atoms. The molecule has 5 rings (SSSR count). The topological polar surface area (TPSA) is 78.6 Å². The molecule has 3 aliphatic heterocycles. The molecule has 0 radical (unpaired) electrons. The Labute approximate surface area is 213 Å². The van der Waals surface area contributed by atoms with Gasteiger partial charge >= 0.3 is 0 Å². The van der Waals surface area contributed by atoms with Gasteiger partial charge in [-0.3, -0.25) is 20.7 Å². The second-order valence-electron chi connectivity index (χ2n) is 10.8. The van der Waals surface area contributed by atoms with Crippen LogP contribution in [0.5, 0.6) is 0 Å². The number of fused-ring (bicyclic) bond motifs is 1. The minimum absolute atomic E-state index is 0.315. The zero-order chi connectivity index (χ0) is 24.9. The Morgan fingerprint density at radius 1 is 1.17 bits per heavy atom. The number of aliphatic imine (C=N–C) groups is 1. The van der Waals surface area contributed by atoms with Crippen molar-refractivity contribution in [1.29, 1.82) is 10.8 Å². The molecule has 35 heavy (non-hydrogen) atoms. The molecule has 4 heterocycles. The van der Waals surface area contributed by atoms with E-state index in [9.17, 15) is 0 Å². The second-order valence-corrected chi connectivity index (χ2v) is 11.9. The third kappa shape index (κ3) is 4.23. The summed E-state index contributed by atoms with van der Waals surface area (Å²) in [5.74, 6) is 1.12. The largest absolute Gasteiger partial charge is 0.371 e. The van der Waals surface area contributed by atoms with Crippen LogP contribution < -0.4 is 15.1 Å². The van der Waals surface area contributed by atoms with Crippen LogP contribution in [0.2, 0.25) is 0 Å². The number of hydrogen-bond donors (Lipinski definition) is 3. The van der Waals surface area contributed by atoms with E-state index in [1.165, 1.54) is 48.5 Å². The lowest BCUT2D eigenvalue weighted by Gasteiger charge is -2.40. The number of rotatable bonds is 3. The van der Waals surface area contributed by atoms with Gasteiger partial charge in [-0.1, -0.05) is 26.0 Å². The molecule has 2 aromatic rings. The van der Waals surface area contributed by atoms with E-state index in [4.69, 9.17) is 15.8 Å². The first-order chi connectivity index (χ1) is 16.7. The fourth-order valence-electron chi connectivity index (χ4n) is 5.96. The smallest absolute Gasteiger partial charge is 0.132 e. The van der Waals surface area contributed by atoms with E-state index in [0.29, 0.717) is 23.0 Å². The van der Waals surface area contributed by atoms with Gasteiger partial charge < -0.3 is 10.2 Å². The van der Waals surface area contributed by atoms with E-state index in [1.54, 1.807) is 23.2 Å². The lowest BCUT2D eigenvalue weighted by molar-refractivity contribution is 0.247. The summed E-state index contributed by atoms with van der Waals surface area (Å²) in [5, 5.41) is 21.8. The summed E-state index contributed by atoms with van der Waals surface area (Å²) in [6.07, 6.45) is 3.85. The highest BCUT2D eigenvalue weighted by Crippen LogP contribution is 2.43. The van der Waals surface area contributed by atoms with Crippen LogP contribution in [-0.4, -0.2) is 49.6 Å². The van der Waals surface area contributed by atoms with Crippen molar-refractivity contribution in [3.8, 4) is 0 Å². The summed E-state index contributed by atoms with van der Waals surface area (Å²) in [5.41, 5.74) is 6.15. The van der Waals surface area contributed by atoms with Crippen LogP contribution in [0.1, 0.15) is 74.4 Å². The standard InChI is InChI=1S/C28H38N6S/c1-17(2)25-18(3)23-24(32-19(4)26(30)34(20(5)29)27(23)35-25)21-6-8-22(9-7-21)33-14-11-28(12-15-33)10-13-31-16-28/h6-9,17,19,29-31H,10-16H2,1-5H3/t19-/m0/s1. The van der Waals surface area contributed by atoms with Gasteiger partial charge in [-0.05, 0) is 75.6 Å². The summed E-state index contributed by atoms with van der Waals surface area (Å²) >= 11 is 1.71. The molecule has 1 aromatic carbocycles. The normalized spacial score (nSPS) is 21.9. The number of amidine groups is 2. The number of piperidine rings is 1. The van der Waals surface area contributed by atoms with Crippen molar-refractivity contribution in [2.75, 3.05) is 36.0 Å². The molecule has 0 unspecified atom stereocenters. The van der Waals surface area contributed by atoms with E-state index in [2.05, 4.69) is 55.3 Å². The van der Waals surface area contributed by atoms with Gasteiger partial charge in [0.1, 0.15) is 22.7 Å². The fourth-order valence-corrected chi connectivity index (χ4v) is 7.34. The maximum absolute atomic E-state index is 8.80. The predicted molar refractivity (Wildman–Crippen MR) is 150 cm³/mol. The molecule has 0 aliphatic carbocycles. The monoisotopic (exact) mass is 490 g/mol.